The quantitative estimate of drug-likeness (QED) is 0.903. The maximum atomic E-state index is 4.48. The van der Waals surface area contributed by atoms with E-state index >= 15 is 0 Å². The zero-order valence-corrected chi connectivity index (χ0v) is 12.7. The van der Waals surface area contributed by atoms with Crippen molar-refractivity contribution in [1.82, 2.24) is 15.2 Å². The number of nitrogens with zero attached hydrogens (tertiary/aromatic N) is 2. The zero-order valence-electron chi connectivity index (χ0n) is 12.7. The zero-order chi connectivity index (χ0) is 13.9. The molecule has 3 heteroatoms. The van der Waals surface area contributed by atoms with Crippen LogP contribution in [0.1, 0.15) is 46.2 Å². The van der Waals surface area contributed by atoms with Gasteiger partial charge in [0.15, 0.2) is 0 Å². The lowest BCUT2D eigenvalue weighted by Gasteiger charge is -2.51. The fourth-order valence-corrected chi connectivity index (χ4v) is 2.83. The molecule has 1 aromatic rings. The first kappa shape index (κ1) is 14.5. The monoisotopic (exact) mass is 261 g/mol. The molecule has 0 spiro atoms. The molecule has 0 amide bonds. The van der Waals surface area contributed by atoms with Crippen LogP contribution in [0.2, 0.25) is 0 Å². The molecule has 0 saturated carbocycles. The maximum Gasteiger partial charge on any atom is 0.0544 e. The smallest absolute Gasteiger partial charge is 0.0544 e. The van der Waals surface area contributed by atoms with Gasteiger partial charge in [0.25, 0.3) is 0 Å². The Kier molecular flexibility index (Phi) is 4.26. The molecule has 0 aliphatic carbocycles. The maximum absolute atomic E-state index is 4.48. The third-order valence-electron chi connectivity index (χ3n) is 4.68. The molecule has 0 bridgehead atoms. The van der Waals surface area contributed by atoms with Crippen LogP contribution < -0.4 is 5.32 Å². The van der Waals surface area contributed by atoms with Gasteiger partial charge in [0.2, 0.25) is 0 Å². The molecule has 0 atom stereocenters. The summed E-state index contributed by atoms with van der Waals surface area (Å²) in [6, 6.07) is 6.18. The van der Waals surface area contributed by atoms with Crippen molar-refractivity contribution in [2.75, 3.05) is 13.1 Å². The lowest BCUT2D eigenvalue weighted by atomic mass is 9.85. The standard InChI is InChI=1S/C16H27N3/c1-5-16(6-2)13-19(15(3,4)12-18-16)11-14-9-7-8-10-17-14/h7-10,18H,5-6,11-13H2,1-4H3. The Balaban J connectivity index is 2.15. The van der Waals surface area contributed by atoms with Gasteiger partial charge >= 0.3 is 0 Å². The molecule has 0 aromatic carbocycles. The normalized spacial score (nSPS) is 22.3. The van der Waals surface area contributed by atoms with Gasteiger partial charge in [-0.25, -0.2) is 0 Å². The van der Waals surface area contributed by atoms with Crippen LogP contribution in [-0.2, 0) is 6.54 Å². The highest BCUT2D eigenvalue weighted by Gasteiger charge is 2.40. The van der Waals surface area contributed by atoms with E-state index in [0.29, 0.717) is 0 Å². The van der Waals surface area contributed by atoms with Crippen molar-refractivity contribution in [1.29, 1.82) is 0 Å². The summed E-state index contributed by atoms with van der Waals surface area (Å²) in [7, 11) is 0. The molecule has 2 rings (SSSR count). The van der Waals surface area contributed by atoms with Crippen LogP contribution in [0.15, 0.2) is 24.4 Å². The van der Waals surface area contributed by atoms with E-state index in [0.717, 1.165) is 19.6 Å². The fraction of sp³-hybridized carbons (Fsp3) is 0.688. The first-order valence-corrected chi connectivity index (χ1v) is 7.41. The van der Waals surface area contributed by atoms with E-state index in [1.807, 2.05) is 12.3 Å². The lowest BCUT2D eigenvalue weighted by Crippen LogP contribution is -2.67. The summed E-state index contributed by atoms with van der Waals surface area (Å²) in [4.78, 5) is 7.06. The van der Waals surface area contributed by atoms with Gasteiger partial charge in [-0.1, -0.05) is 19.9 Å². The molecule has 1 aromatic heterocycles. The first-order chi connectivity index (χ1) is 9.01. The van der Waals surface area contributed by atoms with E-state index in [9.17, 15) is 0 Å². The van der Waals surface area contributed by atoms with Crippen molar-refractivity contribution in [3.8, 4) is 0 Å². The summed E-state index contributed by atoms with van der Waals surface area (Å²) in [6.45, 7) is 12.3. The molecule has 0 unspecified atom stereocenters. The molecular weight excluding hydrogens is 234 g/mol. The van der Waals surface area contributed by atoms with Crippen molar-refractivity contribution in [3.63, 3.8) is 0 Å². The first-order valence-electron chi connectivity index (χ1n) is 7.41. The van der Waals surface area contributed by atoms with Gasteiger partial charge in [-0.15, -0.1) is 0 Å². The minimum Gasteiger partial charge on any atom is -0.308 e. The number of piperazine rings is 1. The Morgan fingerprint density at radius 3 is 2.58 bits per heavy atom. The predicted molar refractivity (Wildman–Crippen MR) is 80.0 cm³/mol. The second kappa shape index (κ2) is 5.59. The Labute approximate surface area is 117 Å². The molecule has 1 fully saturated rings. The van der Waals surface area contributed by atoms with Crippen LogP contribution in [0.5, 0.6) is 0 Å². The highest BCUT2D eigenvalue weighted by atomic mass is 15.3. The van der Waals surface area contributed by atoms with Crippen molar-refractivity contribution in [3.05, 3.63) is 30.1 Å². The van der Waals surface area contributed by atoms with Crippen LogP contribution >= 0.6 is 0 Å². The summed E-state index contributed by atoms with van der Waals surface area (Å²) in [5.41, 5.74) is 1.62. The molecule has 19 heavy (non-hydrogen) atoms. The number of rotatable bonds is 4. The SMILES string of the molecule is CCC1(CC)CN(Cc2ccccn2)C(C)(C)CN1. The highest BCUT2D eigenvalue weighted by Crippen LogP contribution is 2.29. The Hall–Kier alpha value is -0.930. The predicted octanol–water partition coefficient (Wildman–Crippen LogP) is 2.82. The van der Waals surface area contributed by atoms with Gasteiger partial charge in [0, 0.05) is 36.9 Å². The van der Waals surface area contributed by atoms with Crippen molar-refractivity contribution in [2.45, 2.75) is 58.2 Å². The average molecular weight is 261 g/mol. The van der Waals surface area contributed by atoms with Gasteiger partial charge in [-0.3, -0.25) is 9.88 Å². The Morgan fingerprint density at radius 2 is 2.00 bits per heavy atom. The molecule has 1 N–H and O–H groups in total. The number of pyridine rings is 1. The third kappa shape index (κ3) is 3.15. The number of hydrogen-bond acceptors (Lipinski definition) is 3. The number of nitrogens with one attached hydrogen (secondary N) is 1. The topological polar surface area (TPSA) is 28.2 Å². The molecule has 1 saturated heterocycles. The van der Waals surface area contributed by atoms with E-state index in [4.69, 9.17) is 0 Å². The fourth-order valence-electron chi connectivity index (χ4n) is 2.83. The Bertz CT molecular complexity index is 396. The third-order valence-corrected chi connectivity index (χ3v) is 4.68. The Morgan fingerprint density at radius 1 is 1.26 bits per heavy atom. The summed E-state index contributed by atoms with van der Waals surface area (Å²) < 4.78 is 0. The lowest BCUT2D eigenvalue weighted by molar-refractivity contribution is 0.0153. The van der Waals surface area contributed by atoms with Crippen LogP contribution in [0, 0.1) is 0 Å². The minimum absolute atomic E-state index is 0.186. The van der Waals surface area contributed by atoms with Crippen LogP contribution in [0.3, 0.4) is 0 Å². The van der Waals surface area contributed by atoms with Gasteiger partial charge in [-0.2, -0.15) is 0 Å². The van der Waals surface area contributed by atoms with E-state index in [2.05, 4.69) is 55.0 Å². The van der Waals surface area contributed by atoms with Crippen LogP contribution in [-0.4, -0.2) is 34.1 Å². The van der Waals surface area contributed by atoms with Crippen molar-refractivity contribution >= 4 is 0 Å². The second-order valence-electron chi connectivity index (χ2n) is 6.33. The van der Waals surface area contributed by atoms with E-state index in [-0.39, 0.29) is 11.1 Å². The molecule has 106 valence electrons. The molecular formula is C16H27N3. The average Bonchev–Trinajstić information content (AvgIpc) is 2.43. The summed E-state index contributed by atoms with van der Waals surface area (Å²) in [5.74, 6) is 0. The van der Waals surface area contributed by atoms with E-state index in [1.54, 1.807) is 0 Å². The van der Waals surface area contributed by atoms with Gasteiger partial charge in [-0.05, 0) is 38.8 Å². The van der Waals surface area contributed by atoms with Gasteiger partial charge in [0.05, 0.1) is 5.69 Å². The molecule has 1 aliphatic rings. The van der Waals surface area contributed by atoms with Crippen molar-refractivity contribution in [2.24, 2.45) is 0 Å². The summed E-state index contributed by atoms with van der Waals surface area (Å²) in [5, 5.41) is 3.78. The second-order valence-corrected chi connectivity index (χ2v) is 6.33. The number of hydrogen-bond donors (Lipinski definition) is 1. The number of aromatic nitrogens is 1. The van der Waals surface area contributed by atoms with E-state index < -0.39 is 0 Å². The van der Waals surface area contributed by atoms with Crippen LogP contribution in [0.4, 0.5) is 0 Å². The van der Waals surface area contributed by atoms with Crippen LogP contribution in [0.25, 0.3) is 0 Å². The summed E-state index contributed by atoms with van der Waals surface area (Å²) in [6.07, 6.45) is 4.24. The highest BCUT2D eigenvalue weighted by molar-refractivity contribution is 5.07. The van der Waals surface area contributed by atoms with Gasteiger partial charge < -0.3 is 5.32 Å². The minimum atomic E-state index is 0.186. The molecule has 3 nitrogen and oxygen atoms in total. The van der Waals surface area contributed by atoms with E-state index in [1.165, 1.54) is 18.5 Å². The molecule has 0 radical (unpaired) electrons. The van der Waals surface area contributed by atoms with Gasteiger partial charge in [0.1, 0.15) is 0 Å². The molecule has 2 heterocycles. The molecule has 1 aliphatic heterocycles. The largest absolute Gasteiger partial charge is 0.308 e. The van der Waals surface area contributed by atoms with Crippen molar-refractivity contribution < 1.29 is 0 Å². The summed E-state index contributed by atoms with van der Waals surface area (Å²) >= 11 is 0.